The quantitative estimate of drug-likeness (QED) is 0.312. The van der Waals surface area contributed by atoms with Crippen molar-refractivity contribution in [3.8, 4) is 0 Å². The predicted octanol–water partition coefficient (Wildman–Crippen LogP) is -6.17. The predicted molar refractivity (Wildman–Crippen MR) is 53.6 cm³/mol. The molecule has 0 fully saturated rings. The number of carbonyl (C=O) groups excluding carboxylic acids is 1. The van der Waals surface area contributed by atoms with Crippen molar-refractivity contribution in [2.24, 2.45) is 0 Å². The van der Waals surface area contributed by atoms with Crippen molar-refractivity contribution in [1.82, 2.24) is 0 Å². The summed E-state index contributed by atoms with van der Waals surface area (Å²) in [5.74, 6) is -5.34. The van der Waals surface area contributed by atoms with Crippen molar-refractivity contribution in [2.75, 3.05) is 0 Å². The fraction of sp³-hybridized carbons (Fsp3) is 0.500. The second-order valence-electron chi connectivity index (χ2n) is 2.90. The van der Waals surface area contributed by atoms with Gasteiger partial charge >= 0.3 is 72.7 Å². The van der Waals surface area contributed by atoms with Crippen LogP contribution in [0.4, 0.5) is 0 Å². The van der Waals surface area contributed by atoms with E-state index in [-0.39, 0.29) is 60.8 Å². The Kier molecular flexibility index (Phi) is 17.3. The molecule has 14 heteroatoms. The molecule has 0 radical (unpaired) electrons. The molecular weight excluding hydrogens is 343 g/mol. The third-order valence-corrected chi connectivity index (χ3v) is 1.28. The first kappa shape index (κ1) is 28.6. The second kappa shape index (κ2) is 12.1. The summed E-state index contributed by atoms with van der Waals surface area (Å²) in [5, 5.41) is 35.5. The summed E-state index contributed by atoms with van der Waals surface area (Å²) in [7, 11) is -5.39. The first-order chi connectivity index (χ1) is 7.78. The van der Waals surface area contributed by atoms with Crippen LogP contribution in [-0.2, 0) is 18.9 Å². The van der Waals surface area contributed by atoms with Crippen molar-refractivity contribution >= 4 is 86.5 Å². The van der Waals surface area contributed by atoms with Crippen LogP contribution in [0.15, 0.2) is 0 Å². The molecule has 0 saturated carbocycles. The van der Waals surface area contributed by atoms with Crippen molar-refractivity contribution in [2.45, 2.75) is 18.4 Å². The molecule has 0 aliphatic rings. The normalized spacial score (nSPS) is 12.4. The fourth-order valence-corrected chi connectivity index (χ4v) is 0.703. The molecular formula is C6H7CaMgO11P. The largest absolute Gasteiger partial charge is 2.00 e. The zero-order valence-corrected chi connectivity index (χ0v) is 14.4. The number of hydrogen-bond acceptors (Lipinski definition) is 9. The van der Waals surface area contributed by atoms with Gasteiger partial charge in [0.2, 0.25) is 0 Å². The van der Waals surface area contributed by atoms with Gasteiger partial charge in [-0.15, -0.1) is 0 Å². The van der Waals surface area contributed by atoms with E-state index in [1.54, 1.807) is 0 Å². The number of phosphoric acid groups is 1. The van der Waals surface area contributed by atoms with Gasteiger partial charge < -0.3 is 44.5 Å². The van der Waals surface area contributed by atoms with E-state index in [2.05, 4.69) is 0 Å². The Morgan fingerprint density at radius 2 is 1.35 bits per heavy atom. The van der Waals surface area contributed by atoms with Crippen LogP contribution in [0.1, 0.15) is 12.8 Å². The van der Waals surface area contributed by atoms with Gasteiger partial charge in [0.05, 0.1) is 6.42 Å². The van der Waals surface area contributed by atoms with Gasteiger partial charge in [0.15, 0.2) is 5.60 Å². The van der Waals surface area contributed by atoms with E-state index in [0.29, 0.717) is 0 Å². The van der Waals surface area contributed by atoms with Crippen LogP contribution in [0.5, 0.6) is 0 Å². The Bertz CT molecular complexity index is 355. The zero-order chi connectivity index (χ0) is 15.1. The minimum Gasteiger partial charge on any atom is -0.822 e. The molecule has 11 nitrogen and oxygen atoms in total. The number of hydrogen-bond donors (Lipinski definition) is 3. The van der Waals surface area contributed by atoms with E-state index in [1.165, 1.54) is 0 Å². The van der Waals surface area contributed by atoms with Crippen molar-refractivity contribution < 1.29 is 54.1 Å². The average molecular weight is 350 g/mol. The number of carbonyl (C=O) groups is 3. The van der Waals surface area contributed by atoms with Crippen LogP contribution in [0.2, 0.25) is 0 Å². The topological polar surface area (TPSA) is 221 Å². The Labute approximate surface area is 158 Å². The van der Waals surface area contributed by atoms with E-state index >= 15 is 0 Å². The Morgan fingerprint density at radius 3 is 1.50 bits per heavy atom. The molecule has 20 heavy (non-hydrogen) atoms. The van der Waals surface area contributed by atoms with Crippen LogP contribution in [0.25, 0.3) is 0 Å². The molecule has 1 atom stereocenters. The van der Waals surface area contributed by atoms with Gasteiger partial charge in [-0.2, -0.15) is 7.82 Å². The summed E-state index contributed by atoms with van der Waals surface area (Å²) >= 11 is 0. The van der Waals surface area contributed by atoms with E-state index in [4.69, 9.17) is 34.6 Å². The molecule has 106 valence electrons. The van der Waals surface area contributed by atoms with E-state index in [0.717, 1.165) is 0 Å². The van der Waals surface area contributed by atoms with Crippen LogP contribution >= 0.6 is 7.82 Å². The van der Waals surface area contributed by atoms with Crippen molar-refractivity contribution in [1.29, 1.82) is 0 Å². The van der Waals surface area contributed by atoms with Gasteiger partial charge in [-0.3, -0.25) is 4.79 Å². The maximum atomic E-state index is 10.3. The first-order valence-corrected chi connectivity index (χ1v) is 5.34. The van der Waals surface area contributed by atoms with Gasteiger partial charge in [0.1, 0.15) is 0 Å². The minimum absolute atomic E-state index is 0. The molecule has 3 N–H and O–H groups in total. The fourth-order valence-electron chi connectivity index (χ4n) is 0.703. The maximum absolute atomic E-state index is 10.3. The average Bonchev–Trinajstić information content (AvgIpc) is 1.95. The molecule has 0 aromatic heterocycles. The van der Waals surface area contributed by atoms with Gasteiger partial charge in [0, 0.05) is 12.4 Å². The summed E-state index contributed by atoms with van der Waals surface area (Å²) < 4.78 is 8.55. The van der Waals surface area contributed by atoms with Crippen LogP contribution in [-0.4, -0.2) is 99.6 Å². The molecule has 0 aliphatic carbocycles. The third-order valence-electron chi connectivity index (χ3n) is 1.28. The van der Waals surface area contributed by atoms with Gasteiger partial charge in [-0.25, -0.2) is 4.79 Å². The number of carboxylic acids is 3. The van der Waals surface area contributed by atoms with E-state index in [9.17, 15) is 19.5 Å². The molecule has 0 rings (SSSR count). The monoisotopic (exact) mass is 350 g/mol. The molecule has 1 unspecified atom stereocenters. The standard InChI is InChI=1S/C6H8O7.Ca.Mg.H3O4P/c7-3(8)1-6(13,5(11)12)2-4(9)10;;;1-5(2,3)4/h13H,1-2H2,(H,7,8)(H,9,10)(H,11,12);;;(H3,1,2,3,4)/q;2*+2;/p-4. The Balaban J connectivity index is -0.000000158. The molecule has 0 aliphatic heterocycles. The maximum Gasteiger partial charge on any atom is 2.00 e. The van der Waals surface area contributed by atoms with E-state index in [1.807, 2.05) is 0 Å². The molecule has 0 heterocycles. The smallest absolute Gasteiger partial charge is 0.822 e. The van der Waals surface area contributed by atoms with Crippen LogP contribution < -0.4 is 19.8 Å². The summed E-state index contributed by atoms with van der Waals surface area (Å²) in [6.45, 7) is 0. The van der Waals surface area contributed by atoms with Crippen LogP contribution in [0, 0.1) is 0 Å². The molecule has 0 aromatic rings. The molecule has 0 bridgehead atoms. The number of aliphatic hydroxyl groups is 1. The first-order valence-electron chi connectivity index (χ1n) is 3.88. The van der Waals surface area contributed by atoms with Gasteiger partial charge in [-0.1, -0.05) is 0 Å². The van der Waals surface area contributed by atoms with Crippen molar-refractivity contribution in [3.05, 3.63) is 0 Å². The van der Waals surface area contributed by atoms with Gasteiger partial charge in [0.25, 0.3) is 0 Å². The summed E-state index contributed by atoms with van der Waals surface area (Å²) in [4.78, 5) is 56.0. The number of aliphatic carboxylic acids is 3. The summed E-state index contributed by atoms with van der Waals surface area (Å²) in [5.41, 5.74) is -2.80. The zero-order valence-electron chi connectivity index (χ0n) is 9.88. The molecule has 0 saturated heterocycles. The van der Waals surface area contributed by atoms with Crippen molar-refractivity contribution in [3.63, 3.8) is 0 Å². The number of rotatable bonds is 5. The SMILES string of the molecule is O=C([O-])CC(O)(CC(=O)O)C(=O)O.O=P([O-])([O-])[O-].[Ca+2].[Mg+2]. The molecule has 0 spiro atoms. The van der Waals surface area contributed by atoms with E-state index < -0.39 is 44.2 Å². The molecule has 0 amide bonds. The Morgan fingerprint density at radius 1 is 1.05 bits per heavy atom. The molecule has 0 aromatic carbocycles. The Hall–Kier alpha value is 0.506. The number of carboxylic acid groups (broad SMARTS) is 3. The second-order valence-corrected chi connectivity index (χ2v) is 3.80. The summed E-state index contributed by atoms with van der Waals surface area (Å²) in [6.07, 6.45) is -2.44. The van der Waals surface area contributed by atoms with Gasteiger partial charge in [-0.05, 0) is 0 Å². The van der Waals surface area contributed by atoms with Crippen LogP contribution in [0.3, 0.4) is 0 Å². The third kappa shape index (κ3) is 20.8. The minimum atomic E-state index is -5.39. The summed E-state index contributed by atoms with van der Waals surface area (Å²) in [6, 6.07) is 0.